The second-order valence-electron chi connectivity index (χ2n) is 9.18. The van der Waals surface area contributed by atoms with Gasteiger partial charge in [-0.15, -0.1) is 0 Å². The van der Waals surface area contributed by atoms with Crippen molar-refractivity contribution in [2.24, 2.45) is 0 Å². The lowest BCUT2D eigenvalue weighted by molar-refractivity contribution is -0.128. The standard InChI is InChI=1S/C31H42O5/c1-4-6-8-10-12-24-34-28-19-14-26(15-20-28)16-23-30(32)36-29-21-17-27(18-22-29)31(33)35-25(3)13-11-9-7-5-2/h14-23,25H,4-13,24H2,1-3H3/b23-16+. The van der Waals surface area contributed by atoms with Crippen molar-refractivity contribution in [2.75, 3.05) is 6.61 Å². The van der Waals surface area contributed by atoms with Gasteiger partial charge in [0.25, 0.3) is 0 Å². The summed E-state index contributed by atoms with van der Waals surface area (Å²) >= 11 is 0. The Balaban J connectivity index is 1.73. The molecule has 0 N–H and O–H groups in total. The minimum absolute atomic E-state index is 0.117. The van der Waals surface area contributed by atoms with Crippen LogP contribution in [-0.4, -0.2) is 24.6 Å². The van der Waals surface area contributed by atoms with Crippen LogP contribution in [0, 0.1) is 0 Å². The molecule has 196 valence electrons. The monoisotopic (exact) mass is 494 g/mol. The summed E-state index contributed by atoms with van der Waals surface area (Å²) in [7, 11) is 0. The Morgan fingerprint density at radius 3 is 2.06 bits per heavy atom. The number of carbonyl (C=O) groups excluding carboxylic acids is 2. The number of carbonyl (C=O) groups is 2. The van der Waals surface area contributed by atoms with Gasteiger partial charge in [-0.1, -0.05) is 70.9 Å². The molecule has 0 aromatic heterocycles. The lowest BCUT2D eigenvalue weighted by Crippen LogP contribution is -2.15. The van der Waals surface area contributed by atoms with E-state index in [2.05, 4.69) is 13.8 Å². The smallest absolute Gasteiger partial charge is 0.338 e. The third-order valence-corrected chi connectivity index (χ3v) is 5.89. The van der Waals surface area contributed by atoms with Crippen molar-refractivity contribution in [3.8, 4) is 11.5 Å². The highest BCUT2D eigenvalue weighted by molar-refractivity contribution is 5.90. The highest BCUT2D eigenvalue weighted by Crippen LogP contribution is 2.17. The molecule has 2 rings (SSSR count). The second kappa shape index (κ2) is 17.4. The van der Waals surface area contributed by atoms with E-state index in [9.17, 15) is 9.59 Å². The van der Waals surface area contributed by atoms with E-state index in [-0.39, 0.29) is 12.1 Å². The zero-order chi connectivity index (χ0) is 26.0. The van der Waals surface area contributed by atoms with E-state index in [1.165, 1.54) is 44.6 Å². The summed E-state index contributed by atoms with van der Waals surface area (Å²) in [5.41, 5.74) is 1.32. The lowest BCUT2D eigenvalue weighted by Gasteiger charge is -2.13. The molecule has 5 nitrogen and oxygen atoms in total. The minimum atomic E-state index is -0.488. The number of ether oxygens (including phenoxy) is 3. The zero-order valence-electron chi connectivity index (χ0n) is 22.2. The Hall–Kier alpha value is -3.08. The molecule has 1 unspecified atom stereocenters. The molecule has 1 atom stereocenters. The Labute approximate surface area is 216 Å². The summed E-state index contributed by atoms with van der Waals surface area (Å²) in [5.74, 6) is 0.351. The van der Waals surface area contributed by atoms with Crippen LogP contribution in [0.3, 0.4) is 0 Å². The van der Waals surface area contributed by atoms with Gasteiger partial charge in [0.1, 0.15) is 11.5 Å². The molecule has 0 heterocycles. The first-order valence-electron chi connectivity index (χ1n) is 13.5. The fourth-order valence-corrected chi connectivity index (χ4v) is 3.71. The van der Waals surface area contributed by atoms with Crippen molar-refractivity contribution < 1.29 is 23.8 Å². The van der Waals surface area contributed by atoms with E-state index in [1.54, 1.807) is 30.3 Å². The van der Waals surface area contributed by atoms with Gasteiger partial charge < -0.3 is 14.2 Å². The average Bonchev–Trinajstić information content (AvgIpc) is 2.88. The van der Waals surface area contributed by atoms with Crippen LogP contribution in [0.4, 0.5) is 0 Å². The van der Waals surface area contributed by atoms with Crippen LogP contribution in [0.25, 0.3) is 6.08 Å². The van der Waals surface area contributed by atoms with E-state index < -0.39 is 5.97 Å². The molecule has 0 spiro atoms. The summed E-state index contributed by atoms with van der Waals surface area (Å²) in [5, 5.41) is 0. The van der Waals surface area contributed by atoms with Gasteiger partial charge in [-0.3, -0.25) is 0 Å². The molecule has 5 heteroatoms. The van der Waals surface area contributed by atoms with Gasteiger partial charge in [-0.2, -0.15) is 0 Å². The predicted octanol–water partition coefficient (Wildman–Crippen LogP) is 8.17. The van der Waals surface area contributed by atoms with Crippen LogP contribution in [0.15, 0.2) is 54.6 Å². The van der Waals surface area contributed by atoms with Gasteiger partial charge >= 0.3 is 11.9 Å². The molecule has 0 bridgehead atoms. The number of rotatable bonds is 17. The summed E-state index contributed by atoms with van der Waals surface area (Å²) in [6.45, 7) is 7.02. The number of unbranched alkanes of at least 4 members (excludes halogenated alkanes) is 7. The Morgan fingerprint density at radius 2 is 1.39 bits per heavy atom. The van der Waals surface area contributed by atoms with Gasteiger partial charge in [0.15, 0.2) is 0 Å². The van der Waals surface area contributed by atoms with Gasteiger partial charge in [0, 0.05) is 6.08 Å². The number of benzene rings is 2. The number of hydrogen-bond donors (Lipinski definition) is 0. The highest BCUT2D eigenvalue weighted by Gasteiger charge is 2.12. The predicted molar refractivity (Wildman–Crippen MR) is 145 cm³/mol. The van der Waals surface area contributed by atoms with Crippen LogP contribution in [-0.2, 0) is 9.53 Å². The highest BCUT2D eigenvalue weighted by atomic mass is 16.5. The molecule has 0 amide bonds. The van der Waals surface area contributed by atoms with E-state index in [4.69, 9.17) is 14.2 Å². The fourth-order valence-electron chi connectivity index (χ4n) is 3.71. The van der Waals surface area contributed by atoms with Gasteiger partial charge in [-0.05, 0) is 74.2 Å². The number of esters is 2. The van der Waals surface area contributed by atoms with Crippen LogP contribution in [0.1, 0.15) is 101 Å². The van der Waals surface area contributed by atoms with Crippen LogP contribution < -0.4 is 9.47 Å². The fraction of sp³-hybridized carbons (Fsp3) is 0.484. The summed E-state index contributed by atoms with van der Waals surface area (Å²) in [6, 6.07) is 14.0. The largest absolute Gasteiger partial charge is 0.494 e. The maximum Gasteiger partial charge on any atom is 0.338 e. The first-order chi connectivity index (χ1) is 17.5. The van der Waals surface area contributed by atoms with Crippen molar-refractivity contribution in [2.45, 2.75) is 91.1 Å². The molecule has 0 aliphatic rings. The Kier molecular flexibility index (Phi) is 14.1. The van der Waals surface area contributed by atoms with Crippen LogP contribution in [0.5, 0.6) is 11.5 Å². The third-order valence-electron chi connectivity index (χ3n) is 5.89. The SMILES string of the molecule is CCCCCCCOc1ccc(/C=C/C(=O)Oc2ccc(C(=O)OC(C)CCCCCC)cc2)cc1. The first kappa shape index (κ1) is 29.2. The molecule has 36 heavy (non-hydrogen) atoms. The molecule has 0 saturated heterocycles. The molecule has 0 aliphatic heterocycles. The van der Waals surface area contributed by atoms with E-state index in [0.717, 1.165) is 43.6 Å². The minimum Gasteiger partial charge on any atom is -0.494 e. The van der Waals surface area contributed by atoms with Crippen molar-refractivity contribution in [1.82, 2.24) is 0 Å². The molecular formula is C31H42O5. The zero-order valence-corrected chi connectivity index (χ0v) is 22.2. The molecule has 0 saturated carbocycles. The summed E-state index contributed by atoms with van der Waals surface area (Å²) < 4.78 is 16.6. The lowest BCUT2D eigenvalue weighted by atomic mass is 10.1. The van der Waals surface area contributed by atoms with Crippen LogP contribution in [0.2, 0.25) is 0 Å². The van der Waals surface area contributed by atoms with Crippen molar-refractivity contribution in [1.29, 1.82) is 0 Å². The maximum absolute atomic E-state index is 12.3. The Bertz CT molecular complexity index is 915. The molecular weight excluding hydrogens is 452 g/mol. The van der Waals surface area contributed by atoms with Crippen molar-refractivity contribution in [3.05, 3.63) is 65.7 Å². The van der Waals surface area contributed by atoms with Crippen LogP contribution >= 0.6 is 0 Å². The van der Waals surface area contributed by atoms with Crippen molar-refractivity contribution >= 4 is 18.0 Å². The molecule has 2 aromatic carbocycles. The maximum atomic E-state index is 12.3. The normalized spacial score (nSPS) is 11.9. The molecule has 0 fully saturated rings. The quantitative estimate of drug-likeness (QED) is 0.0960. The average molecular weight is 495 g/mol. The van der Waals surface area contributed by atoms with Gasteiger partial charge in [0.2, 0.25) is 0 Å². The van der Waals surface area contributed by atoms with E-state index in [0.29, 0.717) is 11.3 Å². The van der Waals surface area contributed by atoms with Gasteiger partial charge in [0.05, 0.1) is 18.3 Å². The number of hydrogen-bond acceptors (Lipinski definition) is 5. The topological polar surface area (TPSA) is 61.8 Å². The molecule has 0 aliphatic carbocycles. The second-order valence-corrected chi connectivity index (χ2v) is 9.18. The molecule has 0 radical (unpaired) electrons. The molecule has 2 aromatic rings. The first-order valence-corrected chi connectivity index (χ1v) is 13.5. The third kappa shape index (κ3) is 12.1. The Morgan fingerprint density at radius 1 is 0.778 bits per heavy atom. The van der Waals surface area contributed by atoms with E-state index >= 15 is 0 Å². The summed E-state index contributed by atoms with van der Waals surface area (Å²) in [6.07, 6.45) is 14.5. The van der Waals surface area contributed by atoms with Gasteiger partial charge in [-0.25, -0.2) is 9.59 Å². The summed E-state index contributed by atoms with van der Waals surface area (Å²) in [4.78, 5) is 24.5. The van der Waals surface area contributed by atoms with E-state index in [1.807, 2.05) is 31.2 Å². The van der Waals surface area contributed by atoms with Crippen molar-refractivity contribution in [3.63, 3.8) is 0 Å².